The normalized spacial score (nSPS) is 27.3. The van der Waals surface area contributed by atoms with Crippen molar-refractivity contribution in [3.05, 3.63) is 39.0 Å². The van der Waals surface area contributed by atoms with Crippen molar-refractivity contribution in [1.82, 2.24) is 9.97 Å². The van der Waals surface area contributed by atoms with Crippen LogP contribution in [0.1, 0.15) is 27.4 Å². The van der Waals surface area contributed by atoms with Crippen LogP contribution in [0.25, 0.3) is 0 Å². The molecule has 6 N–H and O–H groups in total. The quantitative estimate of drug-likeness (QED) is 0.413. The second-order valence-electron chi connectivity index (χ2n) is 7.13. The molecule has 2 aromatic heterocycles. The molecule has 3 rings (SSSR count). The number of anilines is 1. The number of thioether (sulfide) groups is 1. The molecule has 1 aliphatic heterocycles. The number of nitrogens with two attached hydrogens (primary N) is 1. The molecule has 0 saturated carbocycles. The van der Waals surface area contributed by atoms with Gasteiger partial charge in [0.2, 0.25) is 0 Å². The standard InChI is InChI=1S/C19H27N3O5S2/c1-9-12(5-11-6-21-10(2)22-18(11)20)8-29-14(9)3-4-28-19-17(26)16(25)15(24)13(7-23)27-19/h6,8,13,15-17,19,23-26H,3-5,7H2,1-2H3,(H2,20,21,22)/t13-,15-,16+,17-,19+/m1/s1. The molecule has 0 radical (unpaired) electrons. The summed E-state index contributed by atoms with van der Waals surface area (Å²) in [5.74, 6) is 1.82. The van der Waals surface area contributed by atoms with E-state index in [1.54, 1.807) is 24.5 Å². The van der Waals surface area contributed by atoms with E-state index >= 15 is 0 Å². The number of ether oxygens (including phenoxy) is 1. The summed E-state index contributed by atoms with van der Waals surface area (Å²) in [5.41, 5.74) is 8.58. The number of aliphatic hydroxyl groups excluding tert-OH is 4. The predicted molar refractivity (Wildman–Crippen MR) is 113 cm³/mol. The molecule has 0 bridgehead atoms. The lowest BCUT2D eigenvalue weighted by molar-refractivity contribution is -0.205. The molecule has 1 fully saturated rings. The Morgan fingerprint density at radius 1 is 1.17 bits per heavy atom. The van der Waals surface area contributed by atoms with Gasteiger partial charge in [0.15, 0.2) is 0 Å². The molecule has 0 amide bonds. The van der Waals surface area contributed by atoms with Crippen LogP contribution in [0.5, 0.6) is 0 Å². The molecule has 1 saturated heterocycles. The van der Waals surface area contributed by atoms with Gasteiger partial charge in [0.05, 0.1) is 6.61 Å². The number of hydrogen-bond acceptors (Lipinski definition) is 10. The summed E-state index contributed by atoms with van der Waals surface area (Å²) in [6, 6.07) is 0. The minimum absolute atomic E-state index is 0.415. The fraction of sp³-hybridized carbons (Fsp3) is 0.579. The molecule has 160 valence electrons. The van der Waals surface area contributed by atoms with E-state index in [1.807, 2.05) is 0 Å². The monoisotopic (exact) mass is 441 g/mol. The molecule has 3 heterocycles. The number of aromatic nitrogens is 2. The highest BCUT2D eigenvalue weighted by atomic mass is 32.2. The number of aryl methyl sites for hydroxylation is 2. The van der Waals surface area contributed by atoms with Crippen molar-refractivity contribution in [3.63, 3.8) is 0 Å². The average molecular weight is 442 g/mol. The van der Waals surface area contributed by atoms with Gasteiger partial charge in [-0.05, 0) is 36.8 Å². The Bertz CT molecular complexity index is 832. The van der Waals surface area contributed by atoms with Gasteiger partial charge >= 0.3 is 0 Å². The van der Waals surface area contributed by atoms with Gasteiger partial charge in [0, 0.05) is 28.8 Å². The zero-order valence-corrected chi connectivity index (χ0v) is 18.0. The molecule has 8 nitrogen and oxygen atoms in total. The first-order valence-electron chi connectivity index (χ1n) is 9.37. The van der Waals surface area contributed by atoms with Crippen LogP contribution in [0.15, 0.2) is 11.6 Å². The minimum atomic E-state index is -1.34. The van der Waals surface area contributed by atoms with Gasteiger partial charge in [-0.3, -0.25) is 0 Å². The number of nitrogen functional groups attached to an aromatic ring is 1. The Labute approximate surface area is 177 Å². The second-order valence-corrected chi connectivity index (χ2v) is 9.30. The molecule has 29 heavy (non-hydrogen) atoms. The lowest BCUT2D eigenvalue weighted by Crippen LogP contribution is -2.57. The van der Waals surface area contributed by atoms with Gasteiger partial charge in [-0.25, -0.2) is 9.97 Å². The van der Waals surface area contributed by atoms with Crippen molar-refractivity contribution in [2.75, 3.05) is 18.1 Å². The third-order valence-corrected chi connectivity index (χ3v) is 7.46. The molecule has 1 aliphatic rings. The Balaban J connectivity index is 1.58. The summed E-state index contributed by atoms with van der Waals surface area (Å²) in [6.45, 7) is 3.47. The third kappa shape index (κ3) is 5.08. The Morgan fingerprint density at radius 3 is 2.62 bits per heavy atom. The molecule has 0 spiro atoms. The third-order valence-electron chi connectivity index (χ3n) is 5.10. The van der Waals surface area contributed by atoms with Crippen LogP contribution in [0.4, 0.5) is 5.82 Å². The van der Waals surface area contributed by atoms with Crippen molar-refractivity contribution in [2.45, 2.75) is 56.5 Å². The Hall–Kier alpha value is -1.27. The van der Waals surface area contributed by atoms with E-state index in [1.165, 1.54) is 27.8 Å². The lowest BCUT2D eigenvalue weighted by atomic mass is 10.0. The number of thiophene rings is 1. The van der Waals surface area contributed by atoms with Crippen LogP contribution in [0.2, 0.25) is 0 Å². The predicted octanol–water partition coefficient (Wildman–Crippen LogP) is 0.404. The maximum absolute atomic E-state index is 10.1. The number of hydrogen-bond donors (Lipinski definition) is 5. The molecule has 0 unspecified atom stereocenters. The summed E-state index contributed by atoms with van der Waals surface area (Å²) in [5, 5.41) is 41.3. The highest BCUT2D eigenvalue weighted by Crippen LogP contribution is 2.31. The first-order valence-corrected chi connectivity index (χ1v) is 11.3. The molecular weight excluding hydrogens is 414 g/mol. The summed E-state index contributed by atoms with van der Waals surface area (Å²) in [6.07, 6.45) is -1.53. The lowest BCUT2D eigenvalue weighted by Gasteiger charge is -2.39. The molecule has 10 heteroatoms. The average Bonchev–Trinajstić information content (AvgIpc) is 3.03. The van der Waals surface area contributed by atoms with Crippen molar-refractivity contribution in [2.24, 2.45) is 0 Å². The van der Waals surface area contributed by atoms with E-state index in [4.69, 9.17) is 10.5 Å². The van der Waals surface area contributed by atoms with Crippen LogP contribution in [-0.2, 0) is 17.6 Å². The van der Waals surface area contributed by atoms with Crippen LogP contribution < -0.4 is 5.73 Å². The maximum Gasteiger partial charge on any atom is 0.132 e. The Kier molecular flexibility index (Phi) is 7.49. The van der Waals surface area contributed by atoms with Crippen molar-refractivity contribution >= 4 is 28.9 Å². The van der Waals surface area contributed by atoms with Gasteiger partial charge in [-0.1, -0.05) is 0 Å². The van der Waals surface area contributed by atoms with Crippen LogP contribution in [-0.4, -0.2) is 72.6 Å². The first-order chi connectivity index (χ1) is 13.8. The fourth-order valence-corrected chi connectivity index (χ4v) is 5.58. The summed E-state index contributed by atoms with van der Waals surface area (Å²) in [7, 11) is 0. The Morgan fingerprint density at radius 2 is 1.93 bits per heavy atom. The van der Waals surface area contributed by atoms with E-state index in [0.29, 0.717) is 23.8 Å². The van der Waals surface area contributed by atoms with E-state index in [2.05, 4.69) is 22.3 Å². The van der Waals surface area contributed by atoms with Crippen LogP contribution >= 0.6 is 23.1 Å². The highest BCUT2D eigenvalue weighted by Gasteiger charge is 2.43. The van der Waals surface area contributed by atoms with Crippen LogP contribution in [0, 0.1) is 13.8 Å². The topological polar surface area (TPSA) is 142 Å². The van der Waals surface area contributed by atoms with Crippen molar-refractivity contribution in [3.8, 4) is 0 Å². The smallest absolute Gasteiger partial charge is 0.132 e. The van der Waals surface area contributed by atoms with E-state index < -0.39 is 36.5 Å². The summed E-state index contributed by atoms with van der Waals surface area (Å²) in [4.78, 5) is 9.66. The molecule has 0 aliphatic carbocycles. The van der Waals surface area contributed by atoms with Gasteiger partial charge in [-0.2, -0.15) is 0 Å². The van der Waals surface area contributed by atoms with Gasteiger partial charge in [0.1, 0.15) is 41.5 Å². The largest absolute Gasteiger partial charge is 0.394 e. The van der Waals surface area contributed by atoms with Crippen molar-refractivity contribution < 1.29 is 25.2 Å². The zero-order chi connectivity index (χ0) is 21.1. The number of aliphatic hydroxyl groups is 4. The maximum atomic E-state index is 10.1. The molecule has 0 aromatic carbocycles. The fourth-order valence-electron chi connectivity index (χ4n) is 3.25. The van der Waals surface area contributed by atoms with Crippen LogP contribution in [0.3, 0.4) is 0 Å². The zero-order valence-electron chi connectivity index (χ0n) is 16.4. The second kappa shape index (κ2) is 9.69. The van der Waals surface area contributed by atoms with E-state index in [0.717, 1.165) is 12.0 Å². The summed E-state index contributed by atoms with van der Waals surface area (Å²) < 4.78 is 5.53. The highest BCUT2D eigenvalue weighted by molar-refractivity contribution is 7.99. The van der Waals surface area contributed by atoms with E-state index in [9.17, 15) is 20.4 Å². The number of rotatable bonds is 7. The summed E-state index contributed by atoms with van der Waals surface area (Å²) >= 11 is 3.03. The molecule has 5 atom stereocenters. The van der Waals surface area contributed by atoms with Gasteiger partial charge in [0.25, 0.3) is 0 Å². The SMILES string of the molecule is Cc1ncc(Cc2csc(CCS[C@@H]3O[C@H](CO)[C@@H](O)[C@H](O)[C@H]3O)c2C)c(N)n1. The van der Waals surface area contributed by atoms with Crippen molar-refractivity contribution in [1.29, 1.82) is 0 Å². The minimum Gasteiger partial charge on any atom is -0.394 e. The molecule has 2 aromatic rings. The molecular formula is C19H27N3O5S2. The van der Waals surface area contributed by atoms with Gasteiger partial charge < -0.3 is 30.9 Å². The van der Waals surface area contributed by atoms with Gasteiger partial charge in [-0.15, -0.1) is 23.1 Å². The first kappa shape index (κ1) is 22.4. The number of nitrogens with zero attached hydrogens (tertiary/aromatic N) is 2. The van der Waals surface area contributed by atoms with E-state index in [-0.39, 0.29) is 0 Å².